The molecule has 0 spiro atoms. The minimum absolute atomic E-state index is 0.0288. The Morgan fingerprint density at radius 1 is 0.886 bits per heavy atom. The summed E-state index contributed by atoms with van der Waals surface area (Å²) in [6.45, 7) is 5.08. The van der Waals surface area contributed by atoms with Crippen molar-refractivity contribution < 1.29 is 19.0 Å². The van der Waals surface area contributed by atoms with E-state index < -0.39 is 0 Å². The molecular weight excluding hydrogens is 554 g/mol. The lowest BCUT2D eigenvalue weighted by atomic mass is 10.1. The molecule has 1 amide bonds. The third-order valence-corrected chi connectivity index (χ3v) is 7.79. The first-order valence-corrected chi connectivity index (χ1v) is 14.7. The monoisotopic (exact) mass is 589 g/mol. The highest BCUT2D eigenvalue weighted by Gasteiger charge is 2.25. The number of ether oxygens (including phenoxy) is 3. The molecule has 1 fully saturated rings. The fourth-order valence-corrected chi connectivity index (χ4v) is 5.56. The van der Waals surface area contributed by atoms with Gasteiger partial charge in [0, 0.05) is 49.7 Å². The van der Waals surface area contributed by atoms with Gasteiger partial charge in [-0.15, -0.1) is 0 Å². The molecule has 0 saturated carbocycles. The predicted octanol–water partition coefficient (Wildman–Crippen LogP) is 5.87. The Morgan fingerprint density at radius 2 is 1.64 bits per heavy atom. The summed E-state index contributed by atoms with van der Waals surface area (Å²) in [6, 6.07) is 23.9. The summed E-state index contributed by atoms with van der Waals surface area (Å²) in [5, 5.41) is 0.987. The van der Waals surface area contributed by atoms with Crippen LogP contribution in [0.2, 0.25) is 0 Å². The van der Waals surface area contributed by atoms with E-state index in [1.165, 1.54) is 0 Å². The first-order valence-electron chi connectivity index (χ1n) is 14.7. The van der Waals surface area contributed by atoms with Crippen molar-refractivity contribution in [1.29, 1.82) is 0 Å². The molecule has 1 aliphatic heterocycles. The SMILES string of the molecule is CCOc1ccc(-n2cc(-c3ccccc3)c3c(N4CCN(C(=O)/C=C/c5ccc(OC)c(OC)c5)CC4)ncnc32)cc1. The van der Waals surface area contributed by atoms with E-state index in [9.17, 15) is 4.79 Å². The Hall–Kier alpha value is -5.31. The molecule has 44 heavy (non-hydrogen) atoms. The number of nitrogens with zero attached hydrogens (tertiary/aromatic N) is 5. The first-order chi connectivity index (χ1) is 21.6. The van der Waals surface area contributed by atoms with E-state index in [1.807, 2.05) is 72.5 Å². The zero-order valence-electron chi connectivity index (χ0n) is 25.1. The van der Waals surface area contributed by atoms with Gasteiger partial charge in [0.1, 0.15) is 17.9 Å². The lowest BCUT2D eigenvalue weighted by Gasteiger charge is -2.35. The second-order valence-electron chi connectivity index (χ2n) is 10.4. The topological polar surface area (TPSA) is 82.0 Å². The zero-order chi connectivity index (χ0) is 30.5. The Labute approximate surface area is 256 Å². The molecule has 9 nitrogen and oxygen atoms in total. The number of methoxy groups -OCH3 is 2. The standard InChI is InChI=1S/C35H35N5O4/c1-4-44-28-14-12-27(13-15-28)40-23-29(26-8-6-5-7-9-26)33-34(36-24-37-35(33)40)39-20-18-38(19-21-39)32(41)17-11-25-10-16-30(42-2)31(22-25)43-3/h5-17,22-24H,4,18-21H2,1-3H3/b17-11+. The molecule has 3 aromatic carbocycles. The van der Waals surface area contributed by atoms with E-state index in [0.717, 1.165) is 45.0 Å². The van der Waals surface area contributed by atoms with Crippen LogP contribution < -0.4 is 19.1 Å². The zero-order valence-corrected chi connectivity index (χ0v) is 25.1. The fraction of sp³-hybridized carbons (Fsp3) is 0.229. The van der Waals surface area contributed by atoms with Gasteiger partial charge in [-0.3, -0.25) is 4.79 Å². The van der Waals surface area contributed by atoms with E-state index in [2.05, 4.69) is 27.8 Å². The summed E-state index contributed by atoms with van der Waals surface area (Å²) in [7, 11) is 3.20. The smallest absolute Gasteiger partial charge is 0.246 e. The molecule has 3 heterocycles. The molecular formula is C35H35N5O4. The van der Waals surface area contributed by atoms with Crippen molar-refractivity contribution in [3.63, 3.8) is 0 Å². The number of fused-ring (bicyclic) bond motifs is 1. The Balaban J connectivity index is 1.25. The maximum absolute atomic E-state index is 13.1. The highest BCUT2D eigenvalue weighted by molar-refractivity contribution is 6.02. The van der Waals surface area contributed by atoms with E-state index in [-0.39, 0.29) is 5.91 Å². The quantitative estimate of drug-likeness (QED) is 0.199. The van der Waals surface area contributed by atoms with Crippen LogP contribution in [0.25, 0.3) is 33.9 Å². The van der Waals surface area contributed by atoms with Crippen LogP contribution in [0.15, 0.2) is 91.4 Å². The number of hydrogen-bond acceptors (Lipinski definition) is 7. The molecule has 0 aliphatic carbocycles. The molecule has 0 radical (unpaired) electrons. The number of amides is 1. The number of anilines is 1. The van der Waals surface area contributed by atoms with Crippen LogP contribution in [0, 0.1) is 0 Å². The molecule has 6 rings (SSSR count). The van der Waals surface area contributed by atoms with Crippen molar-refractivity contribution in [2.24, 2.45) is 0 Å². The van der Waals surface area contributed by atoms with Crippen molar-refractivity contribution in [1.82, 2.24) is 19.4 Å². The van der Waals surface area contributed by atoms with Gasteiger partial charge in [-0.05, 0) is 60.5 Å². The minimum atomic E-state index is -0.0288. The van der Waals surface area contributed by atoms with Crippen molar-refractivity contribution in [3.8, 4) is 34.1 Å². The summed E-state index contributed by atoms with van der Waals surface area (Å²) < 4.78 is 18.5. The van der Waals surface area contributed by atoms with Gasteiger partial charge in [-0.1, -0.05) is 36.4 Å². The van der Waals surface area contributed by atoms with Crippen LogP contribution in [0.1, 0.15) is 12.5 Å². The maximum atomic E-state index is 13.1. The Kier molecular flexibility index (Phi) is 8.45. The van der Waals surface area contributed by atoms with Crippen LogP contribution in [-0.4, -0.2) is 72.3 Å². The molecule has 5 aromatic rings. The highest BCUT2D eigenvalue weighted by atomic mass is 16.5. The van der Waals surface area contributed by atoms with E-state index in [0.29, 0.717) is 44.3 Å². The molecule has 0 bridgehead atoms. The molecule has 0 atom stereocenters. The molecule has 9 heteroatoms. The van der Waals surface area contributed by atoms with Gasteiger partial charge in [0.25, 0.3) is 0 Å². The second-order valence-corrected chi connectivity index (χ2v) is 10.4. The summed E-state index contributed by atoms with van der Waals surface area (Å²) in [5.41, 5.74) is 4.83. The second kappa shape index (κ2) is 12.9. The first kappa shape index (κ1) is 28.8. The molecule has 0 N–H and O–H groups in total. The normalized spacial score (nSPS) is 13.4. The van der Waals surface area contributed by atoms with Crippen molar-refractivity contribution in [2.45, 2.75) is 6.92 Å². The third-order valence-electron chi connectivity index (χ3n) is 7.79. The number of benzene rings is 3. The number of aromatic nitrogens is 3. The minimum Gasteiger partial charge on any atom is -0.494 e. The van der Waals surface area contributed by atoms with Gasteiger partial charge < -0.3 is 28.6 Å². The van der Waals surface area contributed by atoms with Crippen molar-refractivity contribution in [2.75, 3.05) is 51.9 Å². The van der Waals surface area contributed by atoms with Gasteiger partial charge in [0.15, 0.2) is 17.1 Å². The molecule has 224 valence electrons. The number of rotatable bonds is 9. The van der Waals surface area contributed by atoms with Crippen LogP contribution >= 0.6 is 0 Å². The summed E-state index contributed by atoms with van der Waals surface area (Å²) in [5.74, 6) is 2.94. The summed E-state index contributed by atoms with van der Waals surface area (Å²) >= 11 is 0. The average Bonchev–Trinajstić information content (AvgIpc) is 3.48. The average molecular weight is 590 g/mol. The van der Waals surface area contributed by atoms with Gasteiger partial charge in [-0.25, -0.2) is 9.97 Å². The van der Waals surface area contributed by atoms with Gasteiger partial charge in [0.05, 0.1) is 26.2 Å². The van der Waals surface area contributed by atoms with E-state index >= 15 is 0 Å². The van der Waals surface area contributed by atoms with Gasteiger partial charge >= 0.3 is 0 Å². The highest BCUT2D eigenvalue weighted by Crippen LogP contribution is 2.37. The number of piperazine rings is 1. The van der Waals surface area contributed by atoms with Crippen molar-refractivity contribution >= 4 is 28.8 Å². The number of carbonyl (C=O) groups is 1. The lowest BCUT2D eigenvalue weighted by Crippen LogP contribution is -2.48. The maximum Gasteiger partial charge on any atom is 0.246 e. The third kappa shape index (κ3) is 5.81. The Morgan fingerprint density at radius 3 is 2.34 bits per heavy atom. The molecule has 1 saturated heterocycles. The van der Waals surface area contributed by atoms with Gasteiger partial charge in [-0.2, -0.15) is 0 Å². The van der Waals surface area contributed by atoms with Gasteiger partial charge in [0.2, 0.25) is 5.91 Å². The van der Waals surface area contributed by atoms with E-state index in [4.69, 9.17) is 24.2 Å². The fourth-order valence-electron chi connectivity index (χ4n) is 5.56. The summed E-state index contributed by atoms with van der Waals surface area (Å²) in [6.07, 6.45) is 7.18. The van der Waals surface area contributed by atoms with Crippen LogP contribution in [0.4, 0.5) is 5.82 Å². The van der Waals surface area contributed by atoms with Crippen LogP contribution in [0.5, 0.6) is 17.2 Å². The number of hydrogen-bond donors (Lipinski definition) is 0. The molecule has 0 unspecified atom stereocenters. The predicted molar refractivity (Wildman–Crippen MR) is 173 cm³/mol. The Bertz CT molecular complexity index is 1780. The van der Waals surface area contributed by atoms with Crippen LogP contribution in [-0.2, 0) is 4.79 Å². The molecule has 2 aromatic heterocycles. The summed E-state index contributed by atoms with van der Waals surface area (Å²) in [4.78, 5) is 26.7. The molecule has 1 aliphatic rings. The van der Waals surface area contributed by atoms with Crippen LogP contribution in [0.3, 0.4) is 0 Å². The van der Waals surface area contributed by atoms with Crippen molar-refractivity contribution in [3.05, 3.63) is 97.0 Å². The largest absolute Gasteiger partial charge is 0.494 e. The lowest BCUT2D eigenvalue weighted by molar-refractivity contribution is -0.126. The van der Waals surface area contributed by atoms with E-state index in [1.54, 1.807) is 32.7 Å². The number of carbonyl (C=O) groups excluding carboxylic acids is 1.